The Morgan fingerprint density at radius 2 is 2.07 bits per heavy atom. The molecule has 14 heavy (non-hydrogen) atoms. The molecule has 3 unspecified atom stereocenters. The zero-order valence-electron chi connectivity index (χ0n) is 7.70. The van der Waals surface area contributed by atoms with Crippen molar-refractivity contribution in [2.45, 2.75) is 22.8 Å². The largest absolute Gasteiger partial charge is 0.481 e. The summed E-state index contributed by atoms with van der Waals surface area (Å²) in [6.45, 7) is 1.92. The van der Waals surface area contributed by atoms with E-state index in [1.54, 1.807) is 6.92 Å². The highest BCUT2D eigenvalue weighted by molar-refractivity contribution is 14.1. The zero-order valence-corrected chi connectivity index (χ0v) is 11.5. The smallest absolute Gasteiger partial charge is 0.312 e. The third-order valence-electron chi connectivity index (χ3n) is 2.70. The highest BCUT2D eigenvalue weighted by atomic mass is 127. The Balaban J connectivity index is 0. The Labute approximate surface area is 109 Å². The van der Waals surface area contributed by atoms with Crippen molar-refractivity contribution < 1.29 is 9.90 Å². The van der Waals surface area contributed by atoms with E-state index in [-0.39, 0.29) is 35.3 Å². The maximum Gasteiger partial charge on any atom is 0.312 e. The molecular weight excluding hydrogens is 342 g/mol. The molecule has 0 heterocycles. The van der Waals surface area contributed by atoms with Crippen LogP contribution in [0.1, 0.15) is 13.3 Å². The summed E-state index contributed by atoms with van der Waals surface area (Å²) in [5, 5.41) is 9.00. The Bertz CT molecular complexity index is 228. The lowest BCUT2D eigenvalue weighted by atomic mass is 9.83. The molecule has 0 bridgehead atoms. The summed E-state index contributed by atoms with van der Waals surface area (Å²) in [6, 6.07) is 0. The molecule has 86 valence electrons. The van der Waals surface area contributed by atoms with Crippen LogP contribution in [-0.4, -0.2) is 27.1 Å². The van der Waals surface area contributed by atoms with Crippen LogP contribution in [0.3, 0.4) is 0 Å². The maximum absolute atomic E-state index is 11.0. The van der Waals surface area contributed by atoms with Gasteiger partial charge in [0.05, 0.1) is 5.41 Å². The molecule has 3 atom stereocenters. The number of halogens is 3. The molecule has 1 fully saturated rings. The summed E-state index contributed by atoms with van der Waals surface area (Å²) < 4.78 is 0.117. The van der Waals surface area contributed by atoms with Crippen LogP contribution in [0.15, 0.2) is 0 Å². The van der Waals surface area contributed by atoms with Crippen molar-refractivity contribution in [3.8, 4) is 0 Å². The molecule has 0 aliphatic heterocycles. The molecule has 1 saturated carbocycles. The minimum atomic E-state index is -0.822. The third-order valence-corrected chi connectivity index (χ3v) is 4.20. The lowest BCUT2D eigenvalue weighted by molar-refractivity contribution is -0.145. The fourth-order valence-corrected chi connectivity index (χ4v) is 3.13. The first-order chi connectivity index (χ1) is 5.38. The average Bonchev–Trinajstić information content (AvgIpc) is 2.63. The van der Waals surface area contributed by atoms with Crippen LogP contribution < -0.4 is 11.5 Å². The molecular formula is C7H15Cl2IN2O2. The van der Waals surface area contributed by atoms with Gasteiger partial charge in [0.15, 0.2) is 0 Å². The van der Waals surface area contributed by atoms with Crippen LogP contribution >= 0.6 is 47.4 Å². The van der Waals surface area contributed by atoms with Crippen LogP contribution in [0, 0.1) is 5.41 Å². The van der Waals surface area contributed by atoms with Crippen molar-refractivity contribution in [1.29, 1.82) is 0 Å². The maximum atomic E-state index is 11.0. The van der Waals surface area contributed by atoms with Crippen LogP contribution in [0.25, 0.3) is 0 Å². The number of carboxylic acids is 1. The minimum absolute atomic E-state index is 0. The second-order valence-electron chi connectivity index (χ2n) is 3.57. The lowest BCUT2D eigenvalue weighted by Crippen LogP contribution is -2.56. The lowest BCUT2D eigenvalue weighted by Gasteiger charge is -2.30. The van der Waals surface area contributed by atoms with Gasteiger partial charge in [-0.25, -0.2) is 0 Å². The Morgan fingerprint density at radius 1 is 1.71 bits per heavy atom. The molecule has 7 heteroatoms. The fraction of sp³-hybridized carbons (Fsp3) is 0.857. The van der Waals surface area contributed by atoms with Crippen molar-refractivity contribution in [3.05, 3.63) is 0 Å². The van der Waals surface area contributed by atoms with Gasteiger partial charge in [0, 0.05) is 16.0 Å². The minimum Gasteiger partial charge on any atom is -0.481 e. The topological polar surface area (TPSA) is 89.3 Å². The molecule has 1 aliphatic rings. The van der Waals surface area contributed by atoms with Gasteiger partial charge in [0.25, 0.3) is 0 Å². The van der Waals surface area contributed by atoms with Gasteiger partial charge in [-0.2, -0.15) is 0 Å². The molecule has 0 radical (unpaired) electrons. The van der Waals surface area contributed by atoms with E-state index in [9.17, 15) is 4.79 Å². The van der Waals surface area contributed by atoms with Gasteiger partial charge in [-0.05, 0) is 13.3 Å². The number of alkyl halides is 1. The standard InChI is InChI=1S/C7H13IN2O2.2ClH/c1-6(10,3-9)7(5(11)12)2-4(7)8;;/h4H,2-3,9-10H2,1H3,(H,11,12);2*1H. The molecule has 0 aromatic heterocycles. The number of aliphatic carboxylic acids is 1. The molecule has 0 saturated heterocycles. The molecule has 1 aliphatic carbocycles. The summed E-state index contributed by atoms with van der Waals surface area (Å²) in [7, 11) is 0. The summed E-state index contributed by atoms with van der Waals surface area (Å²) in [4.78, 5) is 11.0. The first kappa shape index (κ1) is 17.1. The second-order valence-corrected chi connectivity index (χ2v) is 5.07. The van der Waals surface area contributed by atoms with E-state index in [0.29, 0.717) is 6.42 Å². The Morgan fingerprint density at radius 3 is 2.14 bits per heavy atom. The van der Waals surface area contributed by atoms with Gasteiger partial charge in [-0.3, -0.25) is 4.79 Å². The first-order valence-electron chi connectivity index (χ1n) is 3.75. The summed E-state index contributed by atoms with van der Waals surface area (Å²) in [5.74, 6) is -0.822. The van der Waals surface area contributed by atoms with E-state index in [2.05, 4.69) is 22.6 Å². The number of nitrogens with two attached hydrogens (primary N) is 2. The fourth-order valence-electron chi connectivity index (χ4n) is 1.46. The molecule has 4 nitrogen and oxygen atoms in total. The van der Waals surface area contributed by atoms with E-state index >= 15 is 0 Å². The van der Waals surface area contributed by atoms with E-state index in [0.717, 1.165) is 0 Å². The predicted molar refractivity (Wildman–Crippen MR) is 68.6 cm³/mol. The summed E-state index contributed by atoms with van der Waals surface area (Å²) in [6.07, 6.45) is 0.632. The van der Waals surface area contributed by atoms with Crippen LogP contribution in [0.5, 0.6) is 0 Å². The van der Waals surface area contributed by atoms with Crippen LogP contribution in [-0.2, 0) is 4.79 Å². The molecule has 0 aromatic carbocycles. The SMILES string of the molecule is CC(N)(CN)C1(C(=O)O)CC1I.Cl.Cl. The number of carboxylic acid groups (broad SMARTS) is 1. The van der Waals surface area contributed by atoms with Gasteiger partial charge in [-0.15, -0.1) is 24.8 Å². The van der Waals surface area contributed by atoms with Crippen molar-refractivity contribution in [3.63, 3.8) is 0 Å². The van der Waals surface area contributed by atoms with Crippen LogP contribution in [0.4, 0.5) is 0 Å². The van der Waals surface area contributed by atoms with Gasteiger partial charge in [0.2, 0.25) is 0 Å². The highest BCUT2D eigenvalue weighted by Gasteiger charge is 2.67. The summed E-state index contributed by atoms with van der Waals surface area (Å²) in [5.41, 5.74) is 9.70. The van der Waals surface area contributed by atoms with Crippen molar-refractivity contribution >= 4 is 53.4 Å². The Kier molecular flexibility index (Phi) is 6.30. The molecule has 0 aromatic rings. The predicted octanol–water partition coefficient (Wildman–Crippen LogP) is 0.784. The van der Waals surface area contributed by atoms with Gasteiger partial charge >= 0.3 is 5.97 Å². The summed E-state index contributed by atoms with van der Waals surface area (Å²) >= 11 is 2.12. The number of carbonyl (C=O) groups is 1. The number of rotatable bonds is 3. The van der Waals surface area contributed by atoms with Crippen molar-refractivity contribution in [1.82, 2.24) is 0 Å². The third kappa shape index (κ3) is 2.27. The second kappa shape index (κ2) is 5.16. The van der Waals surface area contributed by atoms with E-state index < -0.39 is 16.9 Å². The van der Waals surface area contributed by atoms with Gasteiger partial charge in [-0.1, -0.05) is 22.6 Å². The quantitative estimate of drug-likeness (QED) is 0.515. The van der Waals surface area contributed by atoms with Crippen molar-refractivity contribution in [2.24, 2.45) is 16.9 Å². The number of hydrogen-bond acceptors (Lipinski definition) is 3. The van der Waals surface area contributed by atoms with E-state index in [1.807, 2.05) is 0 Å². The van der Waals surface area contributed by atoms with Gasteiger partial charge < -0.3 is 16.6 Å². The van der Waals surface area contributed by atoms with Gasteiger partial charge in [0.1, 0.15) is 0 Å². The molecule has 5 N–H and O–H groups in total. The van der Waals surface area contributed by atoms with Crippen molar-refractivity contribution in [2.75, 3.05) is 6.54 Å². The van der Waals surface area contributed by atoms with E-state index in [4.69, 9.17) is 16.6 Å². The molecule has 1 rings (SSSR count). The normalized spacial score (nSPS) is 33.3. The Hall–Kier alpha value is 0.700. The van der Waals surface area contributed by atoms with Crippen LogP contribution in [0.2, 0.25) is 0 Å². The number of hydrogen-bond donors (Lipinski definition) is 3. The molecule has 0 amide bonds. The highest BCUT2D eigenvalue weighted by Crippen LogP contribution is 2.57. The molecule has 0 spiro atoms. The zero-order chi connectivity index (χ0) is 9.57. The monoisotopic (exact) mass is 356 g/mol. The first-order valence-corrected chi connectivity index (χ1v) is 4.99. The average molecular weight is 357 g/mol. The van der Waals surface area contributed by atoms with E-state index in [1.165, 1.54) is 0 Å².